The number of nitrogens with zero attached hydrogens (tertiary/aromatic N) is 4. The minimum atomic E-state index is 0.0279. The summed E-state index contributed by atoms with van der Waals surface area (Å²) in [5, 5.41) is 10.3. The highest BCUT2D eigenvalue weighted by molar-refractivity contribution is 7.13. The minimum absolute atomic E-state index is 0.0279. The predicted octanol–water partition coefficient (Wildman–Crippen LogP) is 3.21. The summed E-state index contributed by atoms with van der Waals surface area (Å²) >= 11 is 1.57. The summed E-state index contributed by atoms with van der Waals surface area (Å²) in [7, 11) is 0. The van der Waals surface area contributed by atoms with Gasteiger partial charge in [-0.05, 0) is 36.4 Å². The van der Waals surface area contributed by atoms with Gasteiger partial charge in [-0.15, -0.1) is 21.5 Å². The lowest BCUT2D eigenvalue weighted by Crippen LogP contribution is -2.39. The molecule has 0 saturated carbocycles. The second-order valence-corrected chi connectivity index (χ2v) is 6.70. The van der Waals surface area contributed by atoms with E-state index in [1.165, 1.54) is 0 Å². The molecular weight excluding hydrogens is 324 g/mol. The molecule has 1 atom stereocenters. The van der Waals surface area contributed by atoms with Gasteiger partial charge < -0.3 is 9.32 Å². The highest BCUT2D eigenvalue weighted by Gasteiger charge is 2.29. The first-order valence-corrected chi connectivity index (χ1v) is 8.76. The Morgan fingerprint density at radius 3 is 2.92 bits per heavy atom. The van der Waals surface area contributed by atoms with Crippen LogP contribution in [0.25, 0.3) is 10.8 Å². The molecule has 0 aromatic carbocycles. The fourth-order valence-corrected chi connectivity index (χ4v) is 3.58. The number of carbonyl (C=O) groups excluding carboxylic acids is 1. The first-order valence-electron chi connectivity index (χ1n) is 7.88. The molecule has 4 heterocycles. The second-order valence-electron chi connectivity index (χ2n) is 5.75. The normalized spacial score (nSPS) is 17.8. The molecule has 6 nitrogen and oxygen atoms in total. The summed E-state index contributed by atoms with van der Waals surface area (Å²) in [4.78, 5) is 19.4. The van der Waals surface area contributed by atoms with E-state index in [-0.39, 0.29) is 11.8 Å². The van der Waals surface area contributed by atoms with Crippen LogP contribution in [0.2, 0.25) is 0 Å². The van der Waals surface area contributed by atoms with Crippen molar-refractivity contribution in [3.05, 3.63) is 53.5 Å². The zero-order chi connectivity index (χ0) is 16.4. The number of aromatic nitrogens is 3. The molecule has 7 heteroatoms. The number of amides is 1. The molecule has 0 spiro atoms. The van der Waals surface area contributed by atoms with E-state index in [9.17, 15) is 4.79 Å². The third-order valence-corrected chi connectivity index (χ3v) is 5.02. The highest BCUT2D eigenvalue weighted by atomic mass is 32.1. The summed E-state index contributed by atoms with van der Waals surface area (Å²) in [6, 6.07) is 7.41. The van der Waals surface area contributed by atoms with E-state index < -0.39 is 0 Å². The zero-order valence-electron chi connectivity index (χ0n) is 13.0. The minimum Gasteiger partial charge on any atom is -0.420 e. The van der Waals surface area contributed by atoms with Gasteiger partial charge in [-0.2, -0.15) is 0 Å². The van der Waals surface area contributed by atoms with Crippen LogP contribution in [-0.2, 0) is 0 Å². The third kappa shape index (κ3) is 2.94. The Balaban J connectivity index is 1.50. The van der Waals surface area contributed by atoms with Gasteiger partial charge in [0.05, 0.1) is 10.8 Å². The first-order chi connectivity index (χ1) is 11.8. The van der Waals surface area contributed by atoms with E-state index in [2.05, 4.69) is 15.2 Å². The molecule has 0 radical (unpaired) electrons. The van der Waals surface area contributed by atoms with Gasteiger partial charge in [0.25, 0.3) is 11.8 Å². The molecule has 0 aliphatic carbocycles. The van der Waals surface area contributed by atoms with Crippen LogP contribution in [0.4, 0.5) is 0 Å². The third-order valence-electron chi connectivity index (χ3n) is 4.16. The van der Waals surface area contributed by atoms with Crippen molar-refractivity contribution >= 4 is 17.2 Å². The summed E-state index contributed by atoms with van der Waals surface area (Å²) in [5.41, 5.74) is 0.662. The van der Waals surface area contributed by atoms with E-state index in [0.29, 0.717) is 23.9 Å². The van der Waals surface area contributed by atoms with Crippen LogP contribution >= 0.6 is 11.3 Å². The Kier molecular flexibility index (Phi) is 4.08. The fraction of sp³-hybridized carbons (Fsp3) is 0.294. The van der Waals surface area contributed by atoms with Crippen LogP contribution < -0.4 is 0 Å². The number of carbonyl (C=O) groups is 1. The average Bonchev–Trinajstić information content (AvgIpc) is 3.33. The van der Waals surface area contributed by atoms with Gasteiger partial charge in [0.2, 0.25) is 5.89 Å². The molecule has 3 aromatic rings. The lowest BCUT2D eigenvalue weighted by molar-refractivity contribution is 0.0698. The number of piperidine rings is 1. The quantitative estimate of drug-likeness (QED) is 0.732. The lowest BCUT2D eigenvalue weighted by Gasteiger charge is -2.31. The largest absolute Gasteiger partial charge is 0.420 e. The Morgan fingerprint density at radius 2 is 2.12 bits per heavy atom. The van der Waals surface area contributed by atoms with Crippen LogP contribution in [0, 0.1) is 0 Å². The standard InChI is InChI=1S/C17H16N4O2S/c22-17(12-5-7-18-8-6-12)21-9-1-3-13(11-21)15-19-20-16(23-15)14-4-2-10-24-14/h2,4-8,10,13H,1,3,9,11H2. The van der Waals surface area contributed by atoms with Crippen LogP contribution in [0.15, 0.2) is 46.5 Å². The SMILES string of the molecule is O=C(c1ccncc1)N1CCCC(c2nnc(-c3cccs3)o2)C1. The molecule has 1 aliphatic rings. The van der Waals surface area contributed by atoms with Crippen molar-refractivity contribution in [2.75, 3.05) is 13.1 Å². The molecule has 1 aliphatic heterocycles. The molecule has 24 heavy (non-hydrogen) atoms. The van der Waals surface area contributed by atoms with Gasteiger partial charge in [0, 0.05) is 31.0 Å². The summed E-state index contributed by atoms with van der Waals surface area (Å²) in [5.74, 6) is 1.29. The van der Waals surface area contributed by atoms with Gasteiger partial charge in [0.15, 0.2) is 0 Å². The maximum Gasteiger partial charge on any atom is 0.257 e. The molecule has 1 fully saturated rings. The number of likely N-dealkylation sites (tertiary alicyclic amines) is 1. The Bertz CT molecular complexity index is 816. The predicted molar refractivity (Wildman–Crippen MR) is 89.7 cm³/mol. The molecule has 1 saturated heterocycles. The molecule has 3 aromatic heterocycles. The summed E-state index contributed by atoms with van der Waals surface area (Å²) in [6.45, 7) is 1.36. The number of pyridine rings is 1. The van der Waals surface area contributed by atoms with E-state index in [1.54, 1.807) is 35.9 Å². The van der Waals surface area contributed by atoms with Crippen molar-refractivity contribution in [1.82, 2.24) is 20.1 Å². The van der Waals surface area contributed by atoms with Crippen LogP contribution in [0.5, 0.6) is 0 Å². The fourth-order valence-electron chi connectivity index (χ4n) is 2.94. The molecule has 4 rings (SSSR count). The maximum absolute atomic E-state index is 12.6. The number of hydrogen-bond acceptors (Lipinski definition) is 6. The van der Waals surface area contributed by atoms with Crippen molar-refractivity contribution in [2.24, 2.45) is 0 Å². The zero-order valence-corrected chi connectivity index (χ0v) is 13.8. The van der Waals surface area contributed by atoms with Crippen molar-refractivity contribution in [1.29, 1.82) is 0 Å². The van der Waals surface area contributed by atoms with Gasteiger partial charge in [-0.25, -0.2) is 0 Å². The van der Waals surface area contributed by atoms with E-state index in [1.807, 2.05) is 22.4 Å². The van der Waals surface area contributed by atoms with Crippen molar-refractivity contribution < 1.29 is 9.21 Å². The Morgan fingerprint density at radius 1 is 1.25 bits per heavy atom. The van der Waals surface area contributed by atoms with Gasteiger partial charge in [0.1, 0.15) is 0 Å². The second kappa shape index (κ2) is 6.52. The molecule has 122 valence electrons. The van der Waals surface area contributed by atoms with Crippen LogP contribution in [-0.4, -0.2) is 39.1 Å². The number of thiophene rings is 1. The van der Waals surface area contributed by atoms with Crippen molar-refractivity contribution in [3.8, 4) is 10.8 Å². The summed E-state index contributed by atoms with van der Waals surface area (Å²) < 4.78 is 5.84. The lowest BCUT2D eigenvalue weighted by atomic mass is 9.97. The van der Waals surface area contributed by atoms with E-state index in [0.717, 1.165) is 24.3 Å². The summed E-state index contributed by atoms with van der Waals surface area (Å²) in [6.07, 6.45) is 5.16. The van der Waals surface area contributed by atoms with E-state index in [4.69, 9.17) is 4.42 Å². The Hall–Kier alpha value is -2.54. The molecule has 0 bridgehead atoms. The smallest absolute Gasteiger partial charge is 0.257 e. The number of hydrogen-bond donors (Lipinski definition) is 0. The molecule has 1 amide bonds. The van der Waals surface area contributed by atoms with Gasteiger partial charge in [-0.3, -0.25) is 9.78 Å². The monoisotopic (exact) mass is 340 g/mol. The average molecular weight is 340 g/mol. The van der Waals surface area contributed by atoms with Gasteiger partial charge in [-0.1, -0.05) is 6.07 Å². The van der Waals surface area contributed by atoms with Crippen molar-refractivity contribution in [2.45, 2.75) is 18.8 Å². The highest BCUT2D eigenvalue weighted by Crippen LogP contribution is 2.30. The number of rotatable bonds is 3. The Labute approximate surface area is 143 Å². The molecular formula is C17H16N4O2S. The van der Waals surface area contributed by atoms with Gasteiger partial charge >= 0.3 is 0 Å². The topological polar surface area (TPSA) is 72.1 Å². The first kappa shape index (κ1) is 15.0. The molecule has 0 N–H and O–H groups in total. The van der Waals surface area contributed by atoms with Crippen molar-refractivity contribution in [3.63, 3.8) is 0 Å². The van der Waals surface area contributed by atoms with Crippen LogP contribution in [0.1, 0.15) is 35.0 Å². The van der Waals surface area contributed by atoms with E-state index >= 15 is 0 Å². The van der Waals surface area contributed by atoms with Crippen LogP contribution in [0.3, 0.4) is 0 Å². The maximum atomic E-state index is 12.6. The molecule has 1 unspecified atom stereocenters.